The number of ether oxygens (including phenoxy) is 1. The van der Waals surface area contributed by atoms with Crippen molar-refractivity contribution in [3.05, 3.63) is 65.5 Å². The van der Waals surface area contributed by atoms with E-state index < -0.39 is 0 Å². The molecule has 2 aromatic rings. The molecule has 1 saturated heterocycles. The molecule has 1 atom stereocenters. The van der Waals surface area contributed by atoms with Crippen LogP contribution >= 0.6 is 0 Å². The van der Waals surface area contributed by atoms with Crippen molar-refractivity contribution in [2.45, 2.75) is 19.8 Å². The van der Waals surface area contributed by atoms with Crippen LogP contribution in [0, 0.1) is 18.7 Å². The van der Waals surface area contributed by atoms with Gasteiger partial charge in [-0.1, -0.05) is 23.8 Å². The second-order valence-corrected chi connectivity index (χ2v) is 6.37. The summed E-state index contributed by atoms with van der Waals surface area (Å²) in [6.45, 7) is 4.14. The van der Waals surface area contributed by atoms with E-state index >= 15 is 0 Å². The van der Waals surface area contributed by atoms with Gasteiger partial charge in [0.2, 0.25) is 0 Å². The Bertz CT molecular complexity index is 699. The number of benzene rings is 2. The Morgan fingerprint density at radius 2 is 2.04 bits per heavy atom. The molecule has 0 bridgehead atoms. The summed E-state index contributed by atoms with van der Waals surface area (Å²) in [5.74, 6) is 0.860. The van der Waals surface area contributed by atoms with Gasteiger partial charge in [0.1, 0.15) is 11.6 Å². The van der Waals surface area contributed by atoms with Gasteiger partial charge in [-0.15, -0.1) is 0 Å². The monoisotopic (exact) mass is 327 g/mol. The topological polar surface area (TPSA) is 29.5 Å². The van der Waals surface area contributed by atoms with Gasteiger partial charge in [0.05, 0.1) is 6.61 Å². The van der Waals surface area contributed by atoms with Gasteiger partial charge in [-0.05, 0) is 56.0 Å². The SMILES string of the molecule is Cc1ccc(OCCC2CCN(C(=O)c3cccc(F)c3)C2)cc1. The molecule has 0 radical (unpaired) electrons. The molecule has 3 rings (SSSR count). The molecule has 1 fully saturated rings. The van der Waals surface area contributed by atoms with Crippen LogP contribution in [-0.4, -0.2) is 30.5 Å². The Morgan fingerprint density at radius 1 is 1.25 bits per heavy atom. The molecule has 1 aliphatic rings. The van der Waals surface area contributed by atoms with Crippen LogP contribution in [0.4, 0.5) is 4.39 Å². The average molecular weight is 327 g/mol. The maximum absolute atomic E-state index is 13.3. The Balaban J connectivity index is 1.47. The van der Waals surface area contributed by atoms with Crippen LogP contribution in [0.25, 0.3) is 0 Å². The lowest BCUT2D eigenvalue weighted by Crippen LogP contribution is -2.28. The van der Waals surface area contributed by atoms with Crippen molar-refractivity contribution in [3.63, 3.8) is 0 Å². The van der Waals surface area contributed by atoms with Crippen LogP contribution in [0.15, 0.2) is 48.5 Å². The Kier molecular flexibility index (Phi) is 5.14. The van der Waals surface area contributed by atoms with Gasteiger partial charge >= 0.3 is 0 Å². The minimum absolute atomic E-state index is 0.0866. The first kappa shape index (κ1) is 16.5. The second kappa shape index (κ2) is 7.47. The quantitative estimate of drug-likeness (QED) is 0.828. The molecule has 24 heavy (non-hydrogen) atoms. The van der Waals surface area contributed by atoms with Gasteiger partial charge in [-0.3, -0.25) is 4.79 Å². The zero-order valence-electron chi connectivity index (χ0n) is 13.9. The average Bonchev–Trinajstić information content (AvgIpc) is 3.05. The van der Waals surface area contributed by atoms with Crippen molar-refractivity contribution in [1.82, 2.24) is 4.90 Å². The summed E-state index contributed by atoms with van der Waals surface area (Å²) in [7, 11) is 0. The van der Waals surface area contributed by atoms with Gasteiger partial charge in [0.25, 0.3) is 5.91 Å². The molecule has 1 heterocycles. The van der Waals surface area contributed by atoms with E-state index in [4.69, 9.17) is 4.74 Å². The second-order valence-electron chi connectivity index (χ2n) is 6.37. The number of rotatable bonds is 5. The Labute approximate surface area is 142 Å². The van der Waals surface area contributed by atoms with Gasteiger partial charge in [0.15, 0.2) is 0 Å². The number of hydrogen-bond acceptors (Lipinski definition) is 2. The van der Waals surface area contributed by atoms with Crippen molar-refractivity contribution < 1.29 is 13.9 Å². The van der Waals surface area contributed by atoms with Crippen LogP contribution in [0.3, 0.4) is 0 Å². The summed E-state index contributed by atoms with van der Waals surface area (Å²) in [6.07, 6.45) is 1.89. The molecular weight excluding hydrogens is 305 g/mol. The molecule has 0 aliphatic carbocycles. The smallest absolute Gasteiger partial charge is 0.253 e. The number of aryl methyl sites for hydroxylation is 1. The number of halogens is 1. The van der Waals surface area contributed by atoms with E-state index in [2.05, 4.69) is 0 Å². The van der Waals surface area contributed by atoms with Crippen molar-refractivity contribution in [1.29, 1.82) is 0 Å². The first-order valence-corrected chi connectivity index (χ1v) is 8.36. The molecule has 3 nitrogen and oxygen atoms in total. The lowest BCUT2D eigenvalue weighted by Gasteiger charge is -2.17. The molecule has 0 spiro atoms. The van der Waals surface area contributed by atoms with Crippen LogP contribution in [0.1, 0.15) is 28.8 Å². The van der Waals surface area contributed by atoms with E-state index in [0.29, 0.717) is 24.6 Å². The van der Waals surface area contributed by atoms with Crippen LogP contribution < -0.4 is 4.74 Å². The van der Waals surface area contributed by atoms with Crippen molar-refractivity contribution in [3.8, 4) is 5.75 Å². The summed E-state index contributed by atoms with van der Waals surface area (Å²) >= 11 is 0. The predicted octanol–water partition coefficient (Wildman–Crippen LogP) is 4.07. The Hall–Kier alpha value is -2.36. The van der Waals surface area contributed by atoms with Gasteiger partial charge in [0, 0.05) is 18.7 Å². The molecule has 126 valence electrons. The minimum atomic E-state index is -0.372. The number of likely N-dealkylation sites (tertiary alicyclic amines) is 1. The summed E-state index contributed by atoms with van der Waals surface area (Å²) in [6, 6.07) is 13.9. The molecule has 2 aromatic carbocycles. The van der Waals surface area contributed by atoms with E-state index in [-0.39, 0.29) is 11.7 Å². The maximum atomic E-state index is 13.3. The highest BCUT2D eigenvalue weighted by Gasteiger charge is 2.26. The lowest BCUT2D eigenvalue weighted by atomic mass is 10.1. The van der Waals surface area contributed by atoms with Gasteiger partial charge < -0.3 is 9.64 Å². The molecule has 0 N–H and O–H groups in total. The van der Waals surface area contributed by atoms with Gasteiger partial charge in [-0.25, -0.2) is 4.39 Å². The molecule has 0 saturated carbocycles. The maximum Gasteiger partial charge on any atom is 0.253 e. The summed E-state index contributed by atoms with van der Waals surface area (Å²) in [4.78, 5) is 14.2. The summed E-state index contributed by atoms with van der Waals surface area (Å²) in [5.41, 5.74) is 1.64. The number of amides is 1. The fourth-order valence-electron chi connectivity index (χ4n) is 3.03. The highest BCUT2D eigenvalue weighted by atomic mass is 19.1. The van der Waals surface area contributed by atoms with Crippen molar-refractivity contribution >= 4 is 5.91 Å². The van der Waals surface area contributed by atoms with Crippen LogP contribution in [0.2, 0.25) is 0 Å². The van der Waals surface area contributed by atoms with E-state index in [1.807, 2.05) is 36.1 Å². The highest BCUT2D eigenvalue weighted by molar-refractivity contribution is 5.94. The molecule has 1 amide bonds. The molecule has 0 aromatic heterocycles. The zero-order valence-corrected chi connectivity index (χ0v) is 13.9. The fraction of sp³-hybridized carbons (Fsp3) is 0.350. The fourth-order valence-corrected chi connectivity index (χ4v) is 3.03. The van der Waals surface area contributed by atoms with E-state index in [9.17, 15) is 9.18 Å². The Morgan fingerprint density at radius 3 is 2.79 bits per heavy atom. The normalized spacial score (nSPS) is 17.1. The highest BCUT2D eigenvalue weighted by Crippen LogP contribution is 2.22. The number of hydrogen-bond donors (Lipinski definition) is 0. The van der Waals surface area contributed by atoms with Gasteiger partial charge in [-0.2, -0.15) is 0 Å². The first-order chi connectivity index (χ1) is 11.6. The van der Waals surface area contributed by atoms with E-state index in [1.54, 1.807) is 12.1 Å². The largest absolute Gasteiger partial charge is 0.494 e. The number of nitrogens with zero attached hydrogens (tertiary/aromatic N) is 1. The molecule has 1 unspecified atom stereocenters. The van der Waals surface area contributed by atoms with Crippen LogP contribution in [0.5, 0.6) is 5.75 Å². The third-order valence-electron chi connectivity index (χ3n) is 4.46. The standard InChI is InChI=1S/C20H22FNO2/c1-15-5-7-19(8-6-15)24-12-10-16-9-11-22(14-16)20(23)17-3-2-4-18(21)13-17/h2-8,13,16H,9-12,14H2,1H3. The number of carbonyl (C=O) groups excluding carboxylic acids is 1. The van der Waals surface area contributed by atoms with E-state index in [1.165, 1.54) is 17.7 Å². The third-order valence-corrected chi connectivity index (χ3v) is 4.46. The van der Waals surface area contributed by atoms with Crippen molar-refractivity contribution in [2.75, 3.05) is 19.7 Å². The summed E-state index contributed by atoms with van der Waals surface area (Å²) in [5, 5.41) is 0. The number of carbonyl (C=O) groups is 1. The molecular formula is C20H22FNO2. The first-order valence-electron chi connectivity index (χ1n) is 8.36. The zero-order chi connectivity index (χ0) is 16.9. The molecule has 1 aliphatic heterocycles. The summed E-state index contributed by atoms with van der Waals surface area (Å²) < 4.78 is 19.0. The van der Waals surface area contributed by atoms with Crippen molar-refractivity contribution in [2.24, 2.45) is 5.92 Å². The lowest BCUT2D eigenvalue weighted by molar-refractivity contribution is 0.0784. The molecule has 4 heteroatoms. The minimum Gasteiger partial charge on any atom is -0.494 e. The van der Waals surface area contributed by atoms with E-state index in [0.717, 1.165) is 25.1 Å². The van der Waals surface area contributed by atoms with Crippen LogP contribution in [-0.2, 0) is 0 Å². The predicted molar refractivity (Wildman–Crippen MR) is 91.7 cm³/mol. The third kappa shape index (κ3) is 4.13.